The monoisotopic (exact) mass is 318 g/mol. The van der Waals surface area contributed by atoms with Gasteiger partial charge >= 0.3 is 0 Å². The number of rotatable bonds is 0. The summed E-state index contributed by atoms with van der Waals surface area (Å²) in [6, 6.07) is 6.04. The fourth-order valence-electron chi connectivity index (χ4n) is 2.60. The number of fused-ring (bicyclic) bond motifs is 5. The van der Waals surface area contributed by atoms with E-state index in [1.165, 1.54) is 0 Å². The fourth-order valence-corrected chi connectivity index (χ4v) is 2.95. The first kappa shape index (κ1) is 11.2. The summed E-state index contributed by atoms with van der Waals surface area (Å²) in [6.07, 6.45) is 0. The van der Waals surface area contributed by atoms with Gasteiger partial charge in [0, 0.05) is 16.4 Å². The van der Waals surface area contributed by atoms with Crippen molar-refractivity contribution in [3.05, 3.63) is 28.5 Å². The van der Waals surface area contributed by atoms with Crippen LogP contribution >= 0.6 is 15.9 Å². The molecule has 1 aliphatic rings. The van der Waals surface area contributed by atoms with E-state index in [2.05, 4.69) is 36.5 Å². The minimum atomic E-state index is 0.475. The molecular formula is C13H11BrN4O. The normalized spacial score (nSPS) is 15.0. The lowest BCUT2D eigenvalue weighted by Crippen LogP contribution is -2.16. The van der Waals surface area contributed by atoms with E-state index in [1.807, 2.05) is 12.1 Å². The Hall–Kier alpha value is -1.66. The standard InChI is InChI=1S/C13H11BrN4O/c14-7-1-2-8-9(5-7)16-13(15)11-12(8)18-3-4-19-6-10(18)17-11/h1-2,5H,3-4,6H2,(H2,15,16). The molecule has 4 rings (SSSR count). The van der Waals surface area contributed by atoms with Crippen LogP contribution in [0.2, 0.25) is 0 Å². The first-order valence-electron chi connectivity index (χ1n) is 6.05. The lowest BCUT2D eigenvalue weighted by atomic mass is 10.2. The molecular weight excluding hydrogens is 308 g/mol. The van der Waals surface area contributed by atoms with E-state index in [0.717, 1.165) is 38.8 Å². The van der Waals surface area contributed by atoms with Crippen LogP contribution in [0.1, 0.15) is 5.82 Å². The zero-order valence-electron chi connectivity index (χ0n) is 10.1. The van der Waals surface area contributed by atoms with Gasteiger partial charge in [-0.15, -0.1) is 0 Å². The smallest absolute Gasteiger partial charge is 0.152 e. The maximum Gasteiger partial charge on any atom is 0.152 e. The van der Waals surface area contributed by atoms with Crippen molar-refractivity contribution in [3.63, 3.8) is 0 Å². The van der Waals surface area contributed by atoms with Crippen molar-refractivity contribution in [2.45, 2.75) is 13.2 Å². The quantitative estimate of drug-likeness (QED) is 0.691. The minimum Gasteiger partial charge on any atom is -0.382 e. The first-order valence-corrected chi connectivity index (χ1v) is 6.85. The Kier molecular flexibility index (Phi) is 2.31. The third kappa shape index (κ3) is 1.56. The molecule has 96 valence electrons. The van der Waals surface area contributed by atoms with Crippen LogP contribution in [-0.2, 0) is 17.9 Å². The summed E-state index contributed by atoms with van der Waals surface area (Å²) < 4.78 is 8.63. The molecule has 0 unspecified atom stereocenters. The average molecular weight is 319 g/mol. The largest absolute Gasteiger partial charge is 0.382 e. The van der Waals surface area contributed by atoms with Crippen LogP contribution in [0.4, 0.5) is 5.82 Å². The van der Waals surface area contributed by atoms with Gasteiger partial charge in [-0.05, 0) is 18.2 Å². The number of nitrogen functional groups attached to an aromatic ring is 1. The van der Waals surface area contributed by atoms with Crippen LogP contribution in [0, 0.1) is 0 Å². The van der Waals surface area contributed by atoms with E-state index in [1.54, 1.807) is 0 Å². The Bertz CT molecular complexity index is 811. The van der Waals surface area contributed by atoms with Crippen LogP contribution in [0.5, 0.6) is 0 Å². The second-order valence-corrected chi connectivity index (χ2v) is 5.50. The SMILES string of the molecule is Nc1nc2cc(Br)ccc2c2c1nc1n2CCOC1. The van der Waals surface area contributed by atoms with E-state index in [0.29, 0.717) is 19.0 Å². The van der Waals surface area contributed by atoms with Crippen LogP contribution in [0.3, 0.4) is 0 Å². The van der Waals surface area contributed by atoms with Gasteiger partial charge in [-0.25, -0.2) is 9.97 Å². The molecule has 6 heteroatoms. The van der Waals surface area contributed by atoms with Gasteiger partial charge in [0.25, 0.3) is 0 Å². The number of nitrogens with zero attached hydrogens (tertiary/aromatic N) is 3. The summed E-state index contributed by atoms with van der Waals surface area (Å²) in [5, 5.41) is 1.08. The summed E-state index contributed by atoms with van der Waals surface area (Å²) >= 11 is 3.46. The molecule has 0 saturated carbocycles. The topological polar surface area (TPSA) is 66.0 Å². The van der Waals surface area contributed by atoms with Crippen molar-refractivity contribution in [2.75, 3.05) is 12.3 Å². The average Bonchev–Trinajstić information content (AvgIpc) is 2.79. The molecule has 0 spiro atoms. The second-order valence-electron chi connectivity index (χ2n) is 4.59. The molecule has 0 saturated heterocycles. The molecule has 0 fully saturated rings. The van der Waals surface area contributed by atoms with Crippen molar-refractivity contribution >= 4 is 43.7 Å². The number of benzene rings is 1. The highest BCUT2D eigenvalue weighted by atomic mass is 79.9. The van der Waals surface area contributed by atoms with E-state index in [4.69, 9.17) is 10.5 Å². The lowest BCUT2D eigenvalue weighted by molar-refractivity contribution is 0.0831. The van der Waals surface area contributed by atoms with E-state index in [9.17, 15) is 0 Å². The summed E-state index contributed by atoms with van der Waals surface area (Å²) in [5.74, 6) is 1.40. The maximum absolute atomic E-state index is 6.04. The molecule has 0 atom stereocenters. The molecule has 2 N–H and O–H groups in total. The molecule has 0 bridgehead atoms. The van der Waals surface area contributed by atoms with Crippen LogP contribution in [-0.4, -0.2) is 21.1 Å². The summed E-state index contributed by atoms with van der Waals surface area (Å²) in [5.41, 5.74) is 8.76. The molecule has 0 aliphatic carbocycles. The van der Waals surface area contributed by atoms with Gasteiger partial charge in [0.05, 0.1) is 17.6 Å². The molecule has 0 amide bonds. The van der Waals surface area contributed by atoms with Gasteiger partial charge in [0.2, 0.25) is 0 Å². The Balaban J connectivity index is 2.21. The molecule has 19 heavy (non-hydrogen) atoms. The number of aromatic nitrogens is 3. The number of nitrogens with two attached hydrogens (primary N) is 1. The van der Waals surface area contributed by atoms with Gasteiger partial charge in [0.15, 0.2) is 5.82 Å². The molecule has 1 aromatic carbocycles. The Morgan fingerprint density at radius 3 is 3.11 bits per heavy atom. The number of hydrogen-bond acceptors (Lipinski definition) is 4. The van der Waals surface area contributed by atoms with Gasteiger partial charge in [-0.3, -0.25) is 0 Å². The third-order valence-corrected chi connectivity index (χ3v) is 3.93. The summed E-state index contributed by atoms with van der Waals surface area (Å²) in [6.45, 7) is 2.05. The molecule has 1 aliphatic heterocycles. The van der Waals surface area contributed by atoms with Crippen molar-refractivity contribution in [1.29, 1.82) is 0 Å². The number of anilines is 1. The predicted octanol–water partition coefficient (Wildman–Crippen LogP) is 2.46. The van der Waals surface area contributed by atoms with Crippen molar-refractivity contribution < 1.29 is 4.74 Å². The molecule has 3 aromatic rings. The third-order valence-electron chi connectivity index (χ3n) is 3.44. The molecule has 2 aromatic heterocycles. The highest BCUT2D eigenvalue weighted by Gasteiger charge is 2.19. The van der Waals surface area contributed by atoms with Crippen molar-refractivity contribution in [2.24, 2.45) is 0 Å². The van der Waals surface area contributed by atoms with Crippen LogP contribution in [0.15, 0.2) is 22.7 Å². The number of pyridine rings is 1. The number of imidazole rings is 1. The Morgan fingerprint density at radius 2 is 2.21 bits per heavy atom. The predicted molar refractivity (Wildman–Crippen MR) is 76.8 cm³/mol. The number of ether oxygens (including phenoxy) is 1. The first-order chi connectivity index (χ1) is 9.24. The van der Waals surface area contributed by atoms with Crippen LogP contribution in [0.25, 0.3) is 21.9 Å². The number of halogens is 1. The zero-order valence-corrected chi connectivity index (χ0v) is 11.6. The Morgan fingerprint density at radius 1 is 1.32 bits per heavy atom. The zero-order chi connectivity index (χ0) is 13.0. The van der Waals surface area contributed by atoms with Crippen LogP contribution < -0.4 is 5.73 Å². The van der Waals surface area contributed by atoms with Crippen molar-refractivity contribution in [1.82, 2.24) is 14.5 Å². The van der Waals surface area contributed by atoms with Gasteiger partial charge < -0.3 is 15.0 Å². The Labute approximate surface area is 117 Å². The summed E-state index contributed by atoms with van der Waals surface area (Å²) in [4.78, 5) is 9.00. The fraction of sp³-hybridized carbons (Fsp3) is 0.231. The van der Waals surface area contributed by atoms with Crippen molar-refractivity contribution in [3.8, 4) is 0 Å². The van der Waals surface area contributed by atoms with Gasteiger partial charge in [-0.2, -0.15) is 0 Å². The van der Waals surface area contributed by atoms with E-state index >= 15 is 0 Å². The van der Waals surface area contributed by atoms with Gasteiger partial charge in [-0.1, -0.05) is 15.9 Å². The van der Waals surface area contributed by atoms with E-state index in [-0.39, 0.29) is 0 Å². The molecule has 3 heterocycles. The highest BCUT2D eigenvalue weighted by Crippen LogP contribution is 2.31. The highest BCUT2D eigenvalue weighted by molar-refractivity contribution is 9.10. The van der Waals surface area contributed by atoms with E-state index < -0.39 is 0 Å². The van der Waals surface area contributed by atoms with Gasteiger partial charge in [0.1, 0.15) is 17.9 Å². The molecule has 0 radical (unpaired) electrons. The summed E-state index contributed by atoms with van der Waals surface area (Å²) in [7, 11) is 0. The minimum absolute atomic E-state index is 0.475. The number of hydrogen-bond donors (Lipinski definition) is 1. The maximum atomic E-state index is 6.04. The lowest BCUT2D eigenvalue weighted by Gasteiger charge is -2.15. The second kappa shape index (κ2) is 3.91. The molecule has 5 nitrogen and oxygen atoms in total.